The number of hydrogen-bond acceptors (Lipinski definition) is 2. The zero-order chi connectivity index (χ0) is 10.4. The molecule has 1 rings (SSSR count). The zero-order valence-electron chi connectivity index (χ0n) is 9.13. The standard InChI is InChI=1S/C12H22N2/c1-3-11(4-2)14-12-8-6-5-7-10(12)9-13/h1,10-12,14H,4-9,13H2,2H3. The van der Waals surface area contributed by atoms with Gasteiger partial charge in [-0.15, -0.1) is 6.42 Å². The van der Waals surface area contributed by atoms with Gasteiger partial charge in [-0.3, -0.25) is 0 Å². The minimum absolute atomic E-state index is 0.229. The molecule has 0 aromatic heterocycles. The van der Waals surface area contributed by atoms with Gasteiger partial charge < -0.3 is 11.1 Å². The number of hydrogen-bond donors (Lipinski definition) is 2. The maximum absolute atomic E-state index is 5.76. The molecule has 0 radical (unpaired) electrons. The summed E-state index contributed by atoms with van der Waals surface area (Å²) in [5.74, 6) is 3.42. The Kier molecular flexibility index (Phi) is 5.00. The number of nitrogens with one attached hydrogen (secondary N) is 1. The van der Waals surface area contributed by atoms with Gasteiger partial charge in [-0.05, 0) is 31.7 Å². The van der Waals surface area contributed by atoms with Gasteiger partial charge in [0.05, 0.1) is 6.04 Å². The van der Waals surface area contributed by atoms with E-state index in [1.807, 2.05) is 0 Å². The number of rotatable bonds is 4. The second-order valence-corrected chi connectivity index (χ2v) is 4.18. The Balaban J connectivity index is 2.44. The van der Waals surface area contributed by atoms with Crippen molar-refractivity contribution >= 4 is 0 Å². The van der Waals surface area contributed by atoms with E-state index in [1.54, 1.807) is 0 Å². The van der Waals surface area contributed by atoms with E-state index in [2.05, 4.69) is 18.2 Å². The van der Waals surface area contributed by atoms with E-state index in [4.69, 9.17) is 12.2 Å². The first-order valence-corrected chi connectivity index (χ1v) is 5.74. The van der Waals surface area contributed by atoms with Crippen molar-refractivity contribution in [1.29, 1.82) is 0 Å². The molecule has 0 spiro atoms. The average molecular weight is 194 g/mol. The lowest BCUT2D eigenvalue weighted by molar-refractivity contribution is 0.258. The van der Waals surface area contributed by atoms with Crippen LogP contribution < -0.4 is 11.1 Å². The van der Waals surface area contributed by atoms with Gasteiger partial charge >= 0.3 is 0 Å². The van der Waals surface area contributed by atoms with Crippen LogP contribution in [0, 0.1) is 18.3 Å². The summed E-state index contributed by atoms with van der Waals surface area (Å²) in [5, 5.41) is 3.54. The maximum Gasteiger partial charge on any atom is 0.0686 e. The van der Waals surface area contributed by atoms with Gasteiger partial charge in [-0.1, -0.05) is 25.7 Å². The topological polar surface area (TPSA) is 38.0 Å². The molecule has 1 fully saturated rings. The van der Waals surface area contributed by atoms with Crippen LogP contribution in [0.25, 0.3) is 0 Å². The molecule has 0 aromatic rings. The summed E-state index contributed by atoms with van der Waals surface area (Å²) >= 11 is 0. The molecule has 3 unspecified atom stereocenters. The number of terminal acetylenes is 1. The van der Waals surface area contributed by atoms with Gasteiger partial charge in [0.25, 0.3) is 0 Å². The van der Waals surface area contributed by atoms with Crippen molar-refractivity contribution in [2.45, 2.75) is 51.1 Å². The summed E-state index contributed by atoms with van der Waals surface area (Å²) in [6.07, 6.45) is 11.6. The highest BCUT2D eigenvalue weighted by atomic mass is 15.0. The summed E-state index contributed by atoms with van der Waals surface area (Å²) < 4.78 is 0. The van der Waals surface area contributed by atoms with E-state index >= 15 is 0 Å². The summed E-state index contributed by atoms with van der Waals surface area (Å²) in [5.41, 5.74) is 5.76. The largest absolute Gasteiger partial charge is 0.330 e. The third kappa shape index (κ3) is 3.01. The summed E-state index contributed by atoms with van der Waals surface area (Å²) in [6, 6.07) is 0.780. The Morgan fingerprint density at radius 2 is 2.21 bits per heavy atom. The summed E-state index contributed by atoms with van der Waals surface area (Å²) in [6.45, 7) is 2.91. The SMILES string of the molecule is C#CC(CC)NC1CCCCC1CN. The molecule has 2 heteroatoms. The van der Waals surface area contributed by atoms with Crippen molar-refractivity contribution in [2.75, 3.05) is 6.54 Å². The molecular weight excluding hydrogens is 172 g/mol. The molecule has 0 amide bonds. The highest BCUT2D eigenvalue weighted by Gasteiger charge is 2.24. The fourth-order valence-electron chi connectivity index (χ4n) is 2.25. The Morgan fingerprint density at radius 3 is 2.79 bits per heavy atom. The third-order valence-electron chi connectivity index (χ3n) is 3.24. The monoisotopic (exact) mass is 194 g/mol. The van der Waals surface area contributed by atoms with Crippen LogP contribution in [0.2, 0.25) is 0 Å². The van der Waals surface area contributed by atoms with E-state index in [0.29, 0.717) is 12.0 Å². The molecule has 3 atom stereocenters. The molecule has 1 aliphatic carbocycles. The fraction of sp³-hybridized carbons (Fsp3) is 0.833. The lowest BCUT2D eigenvalue weighted by Crippen LogP contribution is -2.46. The normalized spacial score (nSPS) is 29.5. The molecular formula is C12H22N2. The smallest absolute Gasteiger partial charge is 0.0686 e. The first kappa shape index (κ1) is 11.6. The molecule has 0 aliphatic heterocycles. The lowest BCUT2D eigenvalue weighted by atomic mass is 9.84. The van der Waals surface area contributed by atoms with Crippen molar-refractivity contribution < 1.29 is 0 Å². The van der Waals surface area contributed by atoms with E-state index in [9.17, 15) is 0 Å². The molecule has 0 heterocycles. The predicted octanol–water partition coefficient (Wildman–Crippen LogP) is 1.51. The zero-order valence-corrected chi connectivity index (χ0v) is 9.13. The molecule has 0 aromatic carbocycles. The quantitative estimate of drug-likeness (QED) is 0.666. The second kappa shape index (κ2) is 6.06. The molecule has 14 heavy (non-hydrogen) atoms. The Bertz CT molecular complexity index is 195. The van der Waals surface area contributed by atoms with Crippen LogP contribution in [-0.2, 0) is 0 Å². The fourth-order valence-corrected chi connectivity index (χ4v) is 2.25. The van der Waals surface area contributed by atoms with Crippen LogP contribution in [0.3, 0.4) is 0 Å². The highest BCUT2D eigenvalue weighted by Crippen LogP contribution is 2.23. The van der Waals surface area contributed by atoms with Crippen LogP contribution in [0.1, 0.15) is 39.0 Å². The van der Waals surface area contributed by atoms with E-state index < -0.39 is 0 Å². The van der Waals surface area contributed by atoms with Crippen LogP contribution in [-0.4, -0.2) is 18.6 Å². The van der Waals surface area contributed by atoms with Crippen molar-refractivity contribution in [2.24, 2.45) is 11.7 Å². The van der Waals surface area contributed by atoms with Crippen molar-refractivity contribution in [3.05, 3.63) is 0 Å². The van der Waals surface area contributed by atoms with Gasteiger partial charge in [-0.25, -0.2) is 0 Å². The van der Waals surface area contributed by atoms with Crippen LogP contribution in [0.4, 0.5) is 0 Å². The van der Waals surface area contributed by atoms with Crippen molar-refractivity contribution in [3.8, 4) is 12.3 Å². The summed E-state index contributed by atoms with van der Waals surface area (Å²) in [7, 11) is 0. The Hall–Kier alpha value is -0.520. The van der Waals surface area contributed by atoms with Gasteiger partial charge in [0.2, 0.25) is 0 Å². The van der Waals surface area contributed by atoms with Crippen molar-refractivity contribution in [3.63, 3.8) is 0 Å². The molecule has 1 aliphatic rings. The molecule has 2 nitrogen and oxygen atoms in total. The summed E-state index contributed by atoms with van der Waals surface area (Å²) in [4.78, 5) is 0. The van der Waals surface area contributed by atoms with Gasteiger partial charge in [0.1, 0.15) is 0 Å². The minimum Gasteiger partial charge on any atom is -0.330 e. The van der Waals surface area contributed by atoms with Gasteiger partial charge in [0, 0.05) is 6.04 Å². The van der Waals surface area contributed by atoms with E-state index in [1.165, 1.54) is 25.7 Å². The Morgan fingerprint density at radius 1 is 1.50 bits per heavy atom. The first-order valence-electron chi connectivity index (χ1n) is 5.74. The molecule has 0 bridgehead atoms. The van der Waals surface area contributed by atoms with E-state index in [0.717, 1.165) is 13.0 Å². The predicted molar refractivity (Wildman–Crippen MR) is 60.8 cm³/mol. The average Bonchev–Trinajstić information content (AvgIpc) is 2.26. The van der Waals surface area contributed by atoms with Crippen LogP contribution >= 0.6 is 0 Å². The van der Waals surface area contributed by atoms with E-state index in [-0.39, 0.29) is 6.04 Å². The second-order valence-electron chi connectivity index (χ2n) is 4.18. The molecule has 1 saturated carbocycles. The highest BCUT2D eigenvalue weighted by molar-refractivity contribution is 5.00. The maximum atomic E-state index is 5.76. The van der Waals surface area contributed by atoms with Gasteiger partial charge in [-0.2, -0.15) is 0 Å². The Labute approximate surface area is 87.6 Å². The first-order chi connectivity index (χ1) is 6.81. The van der Waals surface area contributed by atoms with Crippen LogP contribution in [0.5, 0.6) is 0 Å². The third-order valence-corrected chi connectivity index (χ3v) is 3.24. The molecule has 0 saturated heterocycles. The number of nitrogens with two attached hydrogens (primary N) is 1. The van der Waals surface area contributed by atoms with Crippen LogP contribution in [0.15, 0.2) is 0 Å². The van der Waals surface area contributed by atoms with Gasteiger partial charge in [0.15, 0.2) is 0 Å². The molecule has 3 N–H and O–H groups in total. The van der Waals surface area contributed by atoms with Crippen molar-refractivity contribution in [1.82, 2.24) is 5.32 Å². The lowest BCUT2D eigenvalue weighted by Gasteiger charge is -2.33. The molecule has 80 valence electrons. The minimum atomic E-state index is 0.229.